The number of carbonyl (C=O) groups is 1. The highest BCUT2D eigenvalue weighted by molar-refractivity contribution is 7.10. The van der Waals surface area contributed by atoms with E-state index in [1.807, 2.05) is 22.8 Å². The minimum atomic E-state index is -0.220. The van der Waals surface area contributed by atoms with E-state index in [1.54, 1.807) is 19.2 Å². The van der Waals surface area contributed by atoms with Crippen LogP contribution in [0.2, 0.25) is 0 Å². The molecular formula is C16H19FN4OS. The van der Waals surface area contributed by atoms with Crippen molar-refractivity contribution in [3.05, 3.63) is 41.3 Å². The molecule has 0 radical (unpaired) electrons. The SMILES string of the molecule is CNc1snc(C)c1C(=O)N1CCN(c2ccccc2F)CC1. The van der Waals surface area contributed by atoms with Gasteiger partial charge in [-0.2, -0.15) is 4.37 Å². The van der Waals surface area contributed by atoms with Crippen LogP contribution in [0.5, 0.6) is 0 Å². The Morgan fingerprint density at radius 1 is 1.26 bits per heavy atom. The number of piperazine rings is 1. The third-order valence-electron chi connectivity index (χ3n) is 4.06. The van der Waals surface area contributed by atoms with Gasteiger partial charge in [0.1, 0.15) is 10.8 Å². The quantitative estimate of drug-likeness (QED) is 0.937. The Bertz CT molecular complexity index is 710. The van der Waals surface area contributed by atoms with Gasteiger partial charge in [0.05, 0.1) is 16.9 Å². The predicted octanol–water partition coefficient (Wildman–Crippen LogP) is 2.59. The summed E-state index contributed by atoms with van der Waals surface area (Å²) in [6, 6.07) is 6.76. The highest BCUT2D eigenvalue weighted by Gasteiger charge is 2.27. The average Bonchev–Trinajstić information content (AvgIpc) is 2.95. The molecular weight excluding hydrogens is 315 g/mol. The molecule has 0 bridgehead atoms. The van der Waals surface area contributed by atoms with Crippen LogP contribution in [-0.2, 0) is 0 Å². The van der Waals surface area contributed by atoms with Gasteiger partial charge in [0.2, 0.25) is 0 Å². The molecule has 1 amide bonds. The molecule has 7 heteroatoms. The number of nitrogens with one attached hydrogen (secondary N) is 1. The standard InChI is InChI=1S/C16H19FN4OS/c1-11-14(15(18-2)23-19-11)16(22)21-9-7-20(8-10-21)13-6-4-3-5-12(13)17/h3-6,18H,7-10H2,1-2H3. The summed E-state index contributed by atoms with van der Waals surface area (Å²) in [4.78, 5) is 16.5. The summed E-state index contributed by atoms with van der Waals surface area (Å²) in [7, 11) is 1.79. The van der Waals surface area contributed by atoms with Crippen LogP contribution in [0.1, 0.15) is 16.1 Å². The van der Waals surface area contributed by atoms with Gasteiger partial charge in [-0.3, -0.25) is 4.79 Å². The molecule has 2 heterocycles. The van der Waals surface area contributed by atoms with Gasteiger partial charge in [0.15, 0.2) is 0 Å². The van der Waals surface area contributed by atoms with Crippen LogP contribution >= 0.6 is 11.5 Å². The van der Waals surface area contributed by atoms with Crippen molar-refractivity contribution in [1.29, 1.82) is 0 Å². The van der Waals surface area contributed by atoms with Crippen LogP contribution in [0.4, 0.5) is 15.1 Å². The van der Waals surface area contributed by atoms with Gasteiger partial charge in [-0.05, 0) is 30.6 Å². The molecule has 23 heavy (non-hydrogen) atoms. The van der Waals surface area contributed by atoms with E-state index in [2.05, 4.69) is 9.69 Å². The van der Waals surface area contributed by atoms with Crippen molar-refractivity contribution in [3.63, 3.8) is 0 Å². The minimum absolute atomic E-state index is 0.00576. The number of halogens is 1. The van der Waals surface area contributed by atoms with E-state index in [9.17, 15) is 9.18 Å². The van der Waals surface area contributed by atoms with Gasteiger partial charge in [-0.1, -0.05) is 12.1 Å². The molecule has 3 rings (SSSR count). The fourth-order valence-corrected chi connectivity index (χ4v) is 3.55. The highest BCUT2D eigenvalue weighted by Crippen LogP contribution is 2.26. The first-order chi connectivity index (χ1) is 11.1. The van der Waals surface area contributed by atoms with Crippen LogP contribution in [0.25, 0.3) is 0 Å². The van der Waals surface area contributed by atoms with E-state index in [4.69, 9.17) is 0 Å². The van der Waals surface area contributed by atoms with Gasteiger partial charge in [0, 0.05) is 33.2 Å². The molecule has 5 nitrogen and oxygen atoms in total. The number of aryl methyl sites for hydroxylation is 1. The van der Waals surface area contributed by atoms with Gasteiger partial charge in [0.25, 0.3) is 5.91 Å². The Morgan fingerprint density at radius 3 is 2.61 bits per heavy atom. The van der Waals surface area contributed by atoms with Gasteiger partial charge >= 0.3 is 0 Å². The molecule has 1 aromatic heterocycles. The smallest absolute Gasteiger partial charge is 0.258 e. The van der Waals surface area contributed by atoms with Crippen LogP contribution in [0.3, 0.4) is 0 Å². The molecule has 1 fully saturated rings. The third kappa shape index (κ3) is 3.01. The van der Waals surface area contributed by atoms with Gasteiger partial charge in [-0.25, -0.2) is 4.39 Å². The third-order valence-corrected chi connectivity index (χ3v) is 5.02. The van der Waals surface area contributed by atoms with Crippen molar-refractivity contribution in [2.75, 3.05) is 43.4 Å². The van der Waals surface area contributed by atoms with E-state index in [0.29, 0.717) is 37.4 Å². The molecule has 1 aliphatic heterocycles. The second-order valence-corrected chi connectivity index (χ2v) is 6.23. The summed E-state index contributed by atoms with van der Waals surface area (Å²) in [5, 5.41) is 3.82. The molecule has 1 saturated heterocycles. The van der Waals surface area contributed by atoms with E-state index < -0.39 is 0 Å². The number of hydrogen-bond acceptors (Lipinski definition) is 5. The lowest BCUT2D eigenvalue weighted by Crippen LogP contribution is -2.49. The molecule has 0 spiro atoms. The summed E-state index contributed by atoms with van der Waals surface area (Å²) in [6.45, 7) is 4.24. The van der Waals surface area contributed by atoms with Crippen LogP contribution in [0.15, 0.2) is 24.3 Å². The first kappa shape index (κ1) is 15.7. The fraction of sp³-hybridized carbons (Fsp3) is 0.375. The van der Waals surface area contributed by atoms with Gasteiger partial charge in [-0.15, -0.1) is 0 Å². The molecule has 0 unspecified atom stereocenters. The van der Waals surface area contributed by atoms with E-state index in [1.165, 1.54) is 17.6 Å². The Kier molecular flexibility index (Phi) is 4.47. The summed E-state index contributed by atoms with van der Waals surface area (Å²) < 4.78 is 18.1. The Morgan fingerprint density at radius 2 is 1.96 bits per heavy atom. The fourth-order valence-electron chi connectivity index (χ4n) is 2.81. The van der Waals surface area contributed by atoms with Crippen molar-refractivity contribution in [2.45, 2.75) is 6.92 Å². The Hall–Kier alpha value is -2.15. The van der Waals surface area contributed by atoms with Gasteiger partial charge < -0.3 is 15.1 Å². The maximum Gasteiger partial charge on any atom is 0.258 e. The zero-order valence-electron chi connectivity index (χ0n) is 13.2. The monoisotopic (exact) mass is 334 g/mol. The summed E-state index contributed by atoms with van der Waals surface area (Å²) >= 11 is 1.30. The van der Waals surface area contributed by atoms with E-state index in [-0.39, 0.29) is 11.7 Å². The van der Waals surface area contributed by atoms with Crippen LogP contribution < -0.4 is 10.2 Å². The van der Waals surface area contributed by atoms with Crippen LogP contribution in [0, 0.1) is 12.7 Å². The Balaban J connectivity index is 1.70. The zero-order valence-corrected chi connectivity index (χ0v) is 14.0. The average molecular weight is 334 g/mol. The van der Waals surface area contributed by atoms with Crippen molar-refractivity contribution in [1.82, 2.24) is 9.27 Å². The number of nitrogens with zero attached hydrogens (tertiary/aromatic N) is 3. The highest BCUT2D eigenvalue weighted by atomic mass is 32.1. The molecule has 1 aliphatic rings. The molecule has 122 valence electrons. The first-order valence-electron chi connectivity index (χ1n) is 7.54. The normalized spacial score (nSPS) is 14.9. The molecule has 1 N–H and O–H groups in total. The largest absolute Gasteiger partial charge is 0.378 e. The molecule has 1 aromatic carbocycles. The van der Waals surface area contributed by atoms with E-state index in [0.717, 1.165) is 10.7 Å². The number of hydrogen-bond donors (Lipinski definition) is 1. The predicted molar refractivity (Wildman–Crippen MR) is 90.9 cm³/mol. The number of benzene rings is 1. The molecule has 0 saturated carbocycles. The number of carbonyl (C=O) groups excluding carboxylic acids is 1. The maximum absolute atomic E-state index is 13.9. The summed E-state index contributed by atoms with van der Waals surface area (Å²) in [6.07, 6.45) is 0. The Labute approximate surface area is 138 Å². The van der Waals surface area contributed by atoms with E-state index >= 15 is 0 Å². The topological polar surface area (TPSA) is 48.5 Å². The second kappa shape index (κ2) is 6.54. The number of para-hydroxylation sites is 1. The van der Waals surface area contributed by atoms with Crippen LogP contribution in [-0.4, -0.2) is 48.4 Å². The molecule has 2 aromatic rings. The van der Waals surface area contributed by atoms with Crippen molar-refractivity contribution in [2.24, 2.45) is 0 Å². The van der Waals surface area contributed by atoms with Crippen molar-refractivity contribution >= 4 is 28.1 Å². The molecule has 0 aliphatic carbocycles. The first-order valence-corrected chi connectivity index (χ1v) is 8.32. The summed E-state index contributed by atoms with van der Waals surface area (Å²) in [5.74, 6) is -0.226. The lowest BCUT2D eigenvalue weighted by atomic mass is 10.2. The minimum Gasteiger partial charge on any atom is -0.378 e. The number of anilines is 2. The van der Waals surface area contributed by atoms with Crippen molar-refractivity contribution < 1.29 is 9.18 Å². The number of amides is 1. The number of aromatic nitrogens is 1. The lowest BCUT2D eigenvalue weighted by molar-refractivity contribution is 0.0747. The zero-order chi connectivity index (χ0) is 16.4. The maximum atomic E-state index is 13.9. The van der Waals surface area contributed by atoms with Crippen molar-refractivity contribution in [3.8, 4) is 0 Å². The number of rotatable bonds is 3. The lowest BCUT2D eigenvalue weighted by Gasteiger charge is -2.36. The summed E-state index contributed by atoms with van der Waals surface area (Å²) in [5.41, 5.74) is 2.00. The second-order valence-electron chi connectivity index (χ2n) is 5.45. The molecule has 0 atom stereocenters.